The second-order valence-electron chi connectivity index (χ2n) is 2.99. The Hall–Kier alpha value is -0.250. The van der Waals surface area contributed by atoms with E-state index in [1.54, 1.807) is 0 Å². The van der Waals surface area contributed by atoms with E-state index in [9.17, 15) is 0 Å². The molecule has 0 spiro atoms. The first-order valence-corrected chi connectivity index (χ1v) is 4.72. The molecule has 2 N–H and O–H groups in total. The van der Waals surface area contributed by atoms with Crippen LogP contribution in [0.3, 0.4) is 0 Å². The van der Waals surface area contributed by atoms with Crippen molar-refractivity contribution in [2.24, 2.45) is 5.73 Å². The number of ether oxygens (including phenoxy) is 1. The maximum Gasteiger partial charge on any atom is 0.123 e. The quantitative estimate of drug-likeness (QED) is 0.779. The molecule has 4 heteroatoms. The highest BCUT2D eigenvalue weighted by atomic mass is 79.9. The zero-order valence-corrected chi connectivity index (χ0v) is 9.40. The van der Waals surface area contributed by atoms with Crippen molar-refractivity contribution in [1.82, 2.24) is 0 Å². The first-order chi connectivity index (χ1) is 5.77. The third-order valence-electron chi connectivity index (χ3n) is 2.00. The third-order valence-corrected chi connectivity index (χ3v) is 2.74. The normalized spacial score (nSPS) is 19.7. The molecule has 0 radical (unpaired) electrons. The first kappa shape index (κ1) is 10.8. The van der Waals surface area contributed by atoms with E-state index >= 15 is 0 Å². The van der Waals surface area contributed by atoms with Gasteiger partial charge in [0.25, 0.3) is 0 Å². The van der Waals surface area contributed by atoms with Gasteiger partial charge in [-0.1, -0.05) is 22.0 Å². The highest BCUT2D eigenvalue weighted by Crippen LogP contribution is 2.30. The van der Waals surface area contributed by atoms with Gasteiger partial charge in [0, 0.05) is 16.1 Å². The minimum absolute atomic E-state index is 0. The molecule has 2 rings (SSSR count). The summed E-state index contributed by atoms with van der Waals surface area (Å²) in [5.41, 5.74) is 6.96. The van der Waals surface area contributed by atoms with E-state index in [-0.39, 0.29) is 18.4 Å². The van der Waals surface area contributed by atoms with Gasteiger partial charge in [-0.3, -0.25) is 0 Å². The molecule has 1 unspecified atom stereocenters. The standard InChI is InChI=1S/C9H10BrNO.ClH/c10-8-2-1-3-9-7(8)4-6(11)5-12-9;/h1-3,6H,4-5,11H2;1H. The lowest BCUT2D eigenvalue weighted by atomic mass is 10.0. The summed E-state index contributed by atoms with van der Waals surface area (Å²) in [7, 11) is 0. The smallest absolute Gasteiger partial charge is 0.123 e. The summed E-state index contributed by atoms with van der Waals surface area (Å²) in [6, 6.07) is 6.10. The van der Waals surface area contributed by atoms with Crippen LogP contribution in [0.4, 0.5) is 0 Å². The van der Waals surface area contributed by atoms with E-state index in [1.807, 2.05) is 18.2 Å². The molecule has 0 aromatic heterocycles. The zero-order chi connectivity index (χ0) is 8.55. The minimum atomic E-state index is 0. The van der Waals surface area contributed by atoms with Crippen LogP contribution in [-0.4, -0.2) is 12.6 Å². The van der Waals surface area contributed by atoms with Gasteiger partial charge in [0.15, 0.2) is 0 Å². The maximum atomic E-state index is 5.77. The Morgan fingerprint density at radius 1 is 1.46 bits per heavy atom. The number of nitrogens with two attached hydrogens (primary N) is 1. The fourth-order valence-electron chi connectivity index (χ4n) is 1.39. The van der Waals surface area contributed by atoms with Gasteiger partial charge in [-0.15, -0.1) is 12.4 Å². The lowest BCUT2D eigenvalue weighted by Crippen LogP contribution is -2.33. The van der Waals surface area contributed by atoms with Crippen LogP contribution >= 0.6 is 28.3 Å². The average molecular weight is 265 g/mol. The number of halogens is 2. The van der Waals surface area contributed by atoms with Crippen molar-refractivity contribution in [2.75, 3.05) is 6.61 Å². The van der Waals surface area contributed by atoms with Crippen LogP contribution in [0.25, 0.3) is 0 Å². The highest BCUT2D eigenvalue weighted by Gasteiger charge is 2.17. The Bertz CT molecular complexity index is 306. The van der Waals surface area contributed by atoms with E-state index in [0.717, 1.165) is 16.6 Å². The van der Waals surface area contributed by atoms with Crippen molar-refractivity contribution in [3.8, 4) is 5.75 Å². The number of rotatable bonds is 0. The molecule has 1 aliphatic rings. The van der Waals surface area contributed by atoms with Crippen molar-refractivity contribution >= 4 is 28.3 Å². The predicted octanol–water partition coefficient (Wildman–Crippen LogP) is 2.13. The van der Waals surface area contributed by atoms with Crippen LogP contribution < -0.4 is 10.5 Å². The Kier molecular flexibility index (Phi) is 3.59. The zero-order valence-electron chi connectivity index (χ0n) is 7.00. The summed E-state index contributed by atoms with van der Waals surface area (Å²) in [5.74, 6) is 0.964. The molecule has 0 aliphatic carbocycles. The molecule has 0 saturated carbocycles. The summed E-state index contributed by atoms with van der Waals surface area (Å²) < 4.78 is 6.55. The number of hydrogen-bond donors (Lipinski definition) is 1. The molecular weight excluding hydrogens is 253 g/mol. The molecule has 72 valence electrons. The highest BCUT2D eigenvalue weighted by molar-refractivity contribution is 9.10. The number of fused-ring (bicyclic) bond motifs is 1. The topological polar surface area (TPSA) is 35.2 Å². The fraction of sp³-hybridized carbons (Fsp3) is 0.333. The Morgan fingerprint density at radius 3 is 3.00 bits per heavy atom. The lowest BCUT2D eigenvalue weighted by Gasteiger charge is -2.23. The molecule has 13 heavy (non-hydrogen) atoms. The van der Waals surface area contributed by atoms with Crippen molar-refractivity contribution in [3.05, 3.63) is 28.2 Å². The van der Waals surface area contributed by atoms with Crippen LogP contribution in [0.1, 0.15) is 5.56 Å². The number of hydrogen-bond acceptors (Lipinski definition) is 2. The van der Waals surface area contributed by atoms with E-state index in [4.69, 9.17) is 10.5 Å². The first-order valence-electron chi connectivity index (χ1n) is 3.93. The molecular formula is C9H11BrClNO. The summed E-state index contributed by atoms with van der Waals surface area (Å²) in [6.07, 6.45) is 0.900. The van der Waals surface area contributed by atoms with Gasteiger partial charge in [0.2, 0.25) is 0 Å². The van der Waals surface area contributed by atoms with Crippen molar-refractivity contribution in [3.63, 3.8) is 0 Å². The Morgan fingerprint density at radius 2 is 2.23 bits per heavy atom. The van der Waals surface area contributed by atoms with E-state index in [1.165, 1.54) is 5.56 Å². The molecule has 0 fully saturated rings. The molecule has 0 saturated heterocycles. The van der Waals surface area contributed by atoms with Crippen LogP contribution in [0, 0.1) is 0 Å². The molecule has 0 amide bonds. The van der Waals surface area contributed by atoms with Crippen molar-refractivity contribution in [2.45, 2.75) is 12.5 Å². The van der Waals surface area contributed by atoms with Crippen molar-refractivity contribution < 1.29 is 4.74 Å². The molecule has 1 aromatic carbocycles. The van der Waals surface area contributed by atoms with E-state index in [2.05, 4.69) is 15.9 Å². The fourth-order valence-corrected chi connectivity index (χ4v) is 1.90. The predicted molar refractivity (Wildman–Crippen MR) is 58.6 cm³/mol. The van der Waals surface area contributed by atoms with Gasteiger partial charge in [0.05, 0.1) is 0 Å². The lowest BCUT2D eigenvalue weighted by molar-refractivity contribution is 0.263. The van der Waals surface area contributed by atoms with Gasteiger partial charge >= 0.3 is 0 Å². The van der Waals surface area contributed by atoms with Gasteiger partial charge in [-0.25, -0.2) is 0 Å². The summed E-state index contributed by atoms with van der Waals surface area (Å²) in [5, 5.41) is 0. The second-order valence-corrected chi connectivity index (χ2v) is 3.85. The van der Waals surface area contributed by atoms with Crippen LogP contribution in [0.2, 0.25) is 0 Å². The van der Waals surface area contributed by atoms with Crippen LogP contribution in [-0.2, 0) is 6.42 Å². The number of benzene rings is 1. The molecule has 1 aromatic rings. The summed E-state index contributed by atoms with van der Waals surface area (Å²) >= 11 is 3.47. The van der Waals surface area contributed by atoms with Crippen LogP contribution in [0.15, 0.2) is 22.7 Å². The van der Waals surface area contributed by atoms with Crippen LogP contribution in [0.5, 0.6) is 5.75 Å². The molecule has 0 bridgehead atoms. The van der Waals surface area contributed by atoms with Gasteiger partial charge in [-0.05, 0) is 18.6 Å². The second kappa shape index (κ2) is 4.31. The Labute approximate surface area is 92.0 Å². The summed E-state index contributed by atoms with van der Waals surface area (Å²) in [6.45, 7) is 0.628. The third kappa shape index (κ3) is 2.16. The van der Waals surface area contributed by atoms with Gasteiger partial charge in [-0.2, -0.15) is 0 Å². The van der Waals surface area contributed by atoms with Gasteiger partial charge in [0.1, 0.15) is 12.4 Å². The maximum absolute atomic E-state index is 5.77. The SMILES string of the molecule is Cl.NC1COc2cccc(Br)c2C1. The Balaban J connectivity index is 0.000000845. The average Bonchev–Trinajstić information content (AvgIpc) is 2.07. The molecule has 1 heterocycles. The monoisotopic (exact) mass is 263 g/mol. The van der Waals surface area contributed by atoms with E-state index < -0.39 is 0 Å². The summed E-state index contributed by atoms with van der Waals surface area (Å²) in [4.78, 5) is 0. The molecule has 1 atom stereocenters. The van der Waals surface area contributed by atoms with Gasteiger partial charge < -0.3 is 10.5 Å². The molecule has 2 nitrogen and oxygen atoms in total. The largest absolute Gasteiger partial charge is 0.492 e. The minimum Gasteiger partial charge on any atom is -0.492 e. The van der Waals surface area contributed by atoms with E-state index in [0.29, 0.717) is 6.61 Å². The molecule has 1 aliphatic heterocycles. The van der Waals surface area contributed by atoms with Crippen molar-refractivity contribution in [1.29, 1.82) is 0 Å².